The zero-order valence-corrected chi connectivity index (χ0v) is 9.99. The van der Waals surface area contributed by atoms with Gasteiger partial charge in [-0.15, -0.1) is 12.3 Å². The van der Waals surface area contributed by atoms with Crippen LogP contribution in [0.4, 0.5) is 0 Å². The molecule has 1 aromatic rings. The molecule has 0 unspecified atom stereocenters. The van der Waals surface area contributed by atoms with E-state index >= 15 is 0 Å². The monoisotopic (exact) mass is 228 g/mol. The van der Waals surface area contributed by atoms with Crippen molar-refractivity contribution in [3.63, 3.8) is 0 Å². The Morgan fingerprint density at radius 1 is 1.47 bits per heavy atom. The molecule has 88 valence electrons. The first-order valence-corrected chi connectivity index (χ1v) is 5.53. The highest BCUT2D eigenvalue weighted by Gasteiger charge is 2.03. The SMILES string of the molecule is C#CCCCNCc1cc(C#N)ccc1OC. The second kappa shape index (κ2) is 7.33. The molecule has 3 nitrogen and oxygen atoms in total. The first-order chi connectivity index (χ1) is 8.31. The minimum atomic E-state index is 0.645. The van der Waals surface area contributed by atoms with Gasteiger partial charge in [-0.1, -0.05) is 0 Å². The van der Waals surface area contributed by atoms with Crippen molar-refractivity contribution in [2.45, 2.75) is 19.4 Å². The van der Waals surface area contributed by atoms with Gasteiger partial charge in [-0.05, 0) is 31.2 Å². The van der Waals surface area contributed by atoms with E-state index in [1.54, 1.807) is 13.2 Å². The predicted molar refractivity (Wildman–Crippen MR) is 67.5 cm³/mol. The van der Waals surface area contributed by atoms with Crippen LogP contribution in [0.15, 0.2) is 18.2 Å². The van der Waals surface area contributed by atoms with E-state index in [9.17, 15) is 0 Å². The Balaban J connectivity index is 2.57. The van der Waals surface area contributed by atoms with E-state index in [1.165, 1.54) is 0 Å². The summed E-state index contributed by atoms with van der Waals surface area (Å²) in [4.78, 5) is 0. The third kappa shape index (κ3) is 4.18. The van der Waals surface area contributed by atoms with Crippen molar-refractivity contribution in [1.29, 1.82) is 5.26 Å². The van der Waals surface area contributed by atoms with E-state index in [0.717, 1.165) is 30.7 Å². The lowest BCUT2D eigenvalue weighted by atomic mass is 10.1. The Morgan fingerprint density at radius 3 is 2.94 bits per heavy atom. The van der Waals surface area contributed by atoms with Crippen molar-refractivity contribution >= 4 is 0 Å². The van der Waals surface area contributed by atoms with Crippen molar-refractivity contribution in [3.05, 3.63) is 29.3 Å². The summed E-state index contributed by atoms with van der Waals surface area (Å²) in [6.07, 6.45) is 6.91. The molecule has 0 aliphatic carbocycles. The number of rotatable bonds is 6. The van der Waals surface area contributed by atoms with Gasteiger partial charge in [-0.3, -0.25) is 0 Å². The van der Waals surface area contributed by atoms with E-state index in [-0.39, 0.29) is 0 Å². The Kier molecular flexibility index (Phi) is 5.64. The molecule has 0 amide bonds. The fourth-order valence-corrected chi connectivity index (χ4v) is 1.52. The number of benzene rings is 1. The van der Waals surface area contributed by atoms with E-state index in [2.05, 4.69) is 17.3 Å². The van der Waals surface area contributed by atoms with Gasteiger partial charge in [0.25, 0.3) is 0 Å². The Labute approximate surface area is 102 Å². The van der Waals surface area contributed by atoms with Crippen molar-refractivity contribution in [2.75, 3.05) is 13.7 Å². The molecule has 1 N–H and O–H groups in total. The summed E-state index contributed by atoms with van der Waals surface area (Å²) in [5.74, 6) is 3.40. The molecule has 1 aromatic carbocycles. The second-order valence-corrected chi connectivity index (χ2v) is 3.62. The van der Waals surface area contributed by atoms with E-state index in [4.69, 9.17) is 16.4 Å². The molecule has 3 heteroatoms. The standard InChI is InChI=1S/C14H16N2O/c1-3-4-5-8-16-11-13-9-12(10-15)6-7-14(13)17-2/h1,6-7,9,16H,4-5,8,11H2,2H3. The average Bonchev–Trinajstić information content (AvgIpc) is 2.38. The van der Waals surface area contributed by atoms with Gasteiger partial charge in [0.2, 0.25) is 0 Å². The quantitative estimate of drug-likeness (QED) is 0.599. The molecular formula is C14H16N2O. The normalized spacial score (nSPS) is 9.35. The number of hydrogen-bond acceptors (Lipinski definition) is 3. The van der Waals surface area contributed by atoms with E-state index in [1.807, 2.05) is 12.1 Å². The molecule has 17 heavy (non-hydrogen) atoms. The predicted octanol–water partition coefficient (Wildman–Crippen LogP) is 2.07. The van der Waals surface area contributed by atoms with E-state index in [0.29, 0.717) is 12.1 Å². The fraction of sp³-hybridized carbons (Fsp3) is 0.357. The van der Waals surface area contributed by atoms with Crippen molar-refractivity contribution in [1.82, 2.24) is 5.32 Å². The van der Waals surface area contributed by atoms with Gasteiger partial charge in [-0.25, -0.2) is 0 Å². The van der Waals surface area contributed by atoms with Crippen LogP contribution in [0.2, 0.25) is 0 Å². The van der Waals surface area contributed by atoms with Crippen LogP contribution in [0.3, 0.4) is 0 Å². The molecule has 0 aromatic heterocycles. The number of ether oxygens (including phenoxy) is 1. The molecule has 0 bridgehead atoms. The second-order valence-electron chi connectivity index (χ2n) is 3.62. The molecule has 0 saturated carbocycles. The van der Waals surface area contributed by atoms with Crippen LogP contribution in [0.1, 0.15) is 24.0 Å². The summed E-state index contributed by atoms with van der Waals surface area (Å²) in [6, 6.07) is 7.53. The van der Waals surface area contributed by atoms with Crippen LogP contribution >= 0.6 is 0 Å². The average molecular weight is 228 g/mol. The molecule has 0 saturated heterocycles. The zero-order chi connectivity index (χ0) is 12.5. The highest BCUT2D eigenvalue weighted by Crippen LogP contribution is 2.19. The summed E-state index contributed by atoms with van der Waals surface area (Å²) < 4.78 is 5.24. The number of terminal acetylenes is 1. The maximum absolute atomic E-state index is 8.83. The van der Waals surface area contributed by atoms with Gasteiger partial charge in [0, 0.05) is 18.5 Å². The number of hydrogen-bond donors (Lipinski definition) is 1. The number of nitrogens with zero attached hydrogens (tertiary/aromatic N) is 1. The molecule has 0 atom stereocenters. The summed E-state index contributed by atoms with van der Waals surface area (Å²) in [5.41, 5.74) is 1.64. The van der Waals surface area contributed by atoms with Gasteiger partial charge in [0.1, 0.15) is 5.75 Å². The summed E-state index contributed by atoms with van der Waals surface area (Å²) in [6.45, 7) is 1.55. The summed E-state index contributed by atoms with van der Waals surface area (Å²) in [7, 11) is 1.63. The Hall–Kier alpha value is -1.97. The highest BCUT2D eigenvalue weighted by atomic mass is 16.5. The maximum Gasteiger partial charge on any atom is 0.123 e. The van der Waals surface area contributed by atoms with Crippen LogP contribution in [-0.4, -0.2) is 13.7 Å². The van der Waals surface area contributed by atoms with Crippen molar-refractivity contribution in [2.24, 2.45) is 0 Å². The lowest BCUT2D eigenvalue weighted by molar-refractivity contribution is 0.407. The number of methoxy groups -OCH3 is 1. The minimum absolute atomic E-state index is 0.645. The largest absolute Gasteiger partial charge is 0.496 e. The molecule has 0 aliphatic heterocycles. The van der Waals surface area contributed by atoms with Gasteiger partial charge < -0.3 is 10.1 Å². The van der Waals surface area contributed by atoms with Crippen LogP contribution in [0.25, 0.3) is 0 Å². The first-order valence-electron chi connectivity index (χ1n) is 5.53. The first kappa shape index (κ1) is 13.1. The third-order valence-corrected chi connectivity index (χ3v) is 2.40. The maximum atomic E-state index is 8.83. The number of nitriles is 1. The smallest absolute Gasteiger partial charge is 0.123 e. The van der Waals surface area contributed by atoms with Crippen molar-refractivity contribution < 1.29 is 4.74 Å². The summed E-state index contributed by atoms with van der Waals surface area (Å²) in [5, 5.41) is 12.1. The topological polar surface area (TPSA) is 45.0 Å². The van der Waals surface area contributed by atoms with Crippen LogP contribution < -0.4 is 10.1 Å². The van der Waals surface area contributed by atoms with Gasteiger partial charge >= 0.3 is 0 Å². The van der Waals surface area contributed by atoms with Crippen molar-refractivity contribution in [3.8, 4) is 24.2 Å². The third-order valence-electron chi connectivity index (χ3n) is 2.40. The molecular weight excluding hydrogens is 212 g/mol. The molecule has 1 rings (SSSR count). The van der Waals surface area contributed by atoms with E-state index < -0.39 is 0 Å². The fourth-order valence-electron chi connectivity index (χ4n) is 1.52. The minimum Gasteiger partial charge on any atom is -0.496 e. The van der Waals surface area contributed by atoms with Gasteiger partial charge in [0.15, 0.2) is 0 Å². The lowest BCUT2D eigenvalue weighted by Gasteiger charge is -2.09. The number of nitrogens with one attached hydrogen (secondary N) is 1. The molecule has 0 heterocycles. The molecule has 0 spiro atoms. The van der Waals surface area contributed by atoms with Crippen LogP contribution in [-0.2, 0) is 6.54 Å². The Bertz CT molecular complexity index is 441. The molecule has 0 radical (unpaired) electrons. The lowest BCUT2D eigenvalue weighted by Crippen LogP contribution is -2.15. The van der Waals surface area contributed by atoms with Gasteiger partial charge in [-0.2, -0.15) is 5.26 Å². The molecule has 0 aliphatic rings. The molecule has 0 fully saturated rings. The summed E-state index contributed by atoms with van der Waals surface area (Å²) >= 11 is 0. The number of unbranched alkanes of at least 4 members (excludes halogenated alkanes) is 1. The van der Waals surface area contributed by atoms with Crippen LogP contribution in [0, 0.1) is 23.7 Å². The Morgan fingerprint density at radius 2 is 2.29 bits per heavy atom. The zero-order valence-electron chi connectivity index (χ0n) is 9.99. The van der Waals surface area contributed by atoms with Crippen LogP contribution in [0.5, 0.6) is 5.75 Å². The highest BCUT2D eigenvalue weighted by molar-refractivity contribution is 5.41. The van der Waals surface area contributed by atoms with Gasteiger partial charge in [0.05, 0.1) is 18.7 Å².